The molecular weight excluding hydrogens is 232 g/mol. The molecule has 0 aromatic heterocycles. The maximum Gasteiger partial charge on any atom is 0.427 e. The third kappa shape index (κ3) is 2.52. The molecule has 1 heterocycles. The van der Waals surface area contributed by atoms with Crippen molar-refractivity contribution in [2.45, 2.75) is 51.9 Å². The molecule has 2 atom stereocenters. The number of hydrogen-bond donors (Lipinski definition) is 1. The molecule has 0 bridgehead atoms. The number of allylic oxidation sites excluding steroid dienone is 2. The van der Waals surface area contributed by atoms with E-state index in [1.807, 2.05) is 13.8 Å². The summed E-state index contributed by atoms with van der Waals surface area (Å²) < 4.78 is 5.39. The average molecular weight is 256 g/mol. The summed E-state index contributed by atoms with van der Waals surface area (Å²) >= 11 is 0. The van der Waals surface area contributed by atoms with Crippen LogP contribution in [0.25, 0.3) is 0 Å². The predicted octanol–water partition coefficient (Wildman–Crippen LogP) is 2.13. The fourth-order valence-corrected chi connectivity index (χ4v) is 2.21. The van der Waals surface area contributed by atoms with Crippen LogP contribution in [0.5, 0.6) is 0 Å². The van der Waals surface area contributed by atoms with Crippen LogP contribution >= 0.6 is 0 Å². The van der Waals surface area contributed by atoms with Gasteiger partial charge in [-0.25, -0.2) is 14.8 Å². The first-order valence-electron chi connectivity index (χ1n) is 6.18. The molecule has 0 spiro atoms. The molecule has 0 radical (unpaired) electrons. The number of rotatable bonds is 4. The molecule has 2 unspecified atom stereocenters. The SMILES string of the molecule is CC(C)=CCCC1(C)OC(=O)N(N(C)C)C1(C)O. The van der Waals surface area contributed by atoms with Gasteiger partial charge in [-0.2, -0.15) is 0 Å². The Labute approximate surface area is 109 Å². The minimum absolute atomic E-state index is 0.510. The van der Waals surface area contributed by atoms with Crippen molar-refractivity contribution >= 4 is 6.09 Å². The Morgan fingerprint density at radius 3 is 2.39 bits per heavy atom. The first-order chi connectivity index (χ1) is 8.12. The zero-order chi connectivity index (χ0) is 14.1. The number of cyclic esters (lactones) is 1. The van der Waals surface area contributed by atoms with Crippen molar-refractivity contribution in [3.05, 3.63) is 11.6 Å². The van der Waals surface area contributed by atoms with Crippen LogP contribution in [-0.4, -0.2) is 46.6 Å². The van der Waals surface area contributed by atoms with Gasteiger partial charge in [0.2, 0.25) is 0 Å². The van der Waals surface area contributed by atoms with Crippen LogP contribution < -0.4 is 0 Å². The van der Waals surface area contributed by atoms with E-state index >= 15 is 0 Å². The fourth-order valence-electron chi connectivity index (χ4n) is 2.21. The summed E-state index contributed by atoms with van der Waals surface area (Å²) in [6, 6.07) is 0. The van der Waals surface area contributed by atoms with E-state index in [2.05, 4.69) is 6.08 Å². The van der Waals surface area contributed by atoms with E-state index in [9.17, 15) is 9.90 Å². The molecule has 1 aliphatic rings. The normalized spacial score (nSPS) is 31.8. The fraction of sp³-hybridized carbons (Fsp3) is 0.769. The molecule has 0 aromatic rings. The smallest absolute Gasteiger partial charge is 0.427 e. The summed E-state index contributed by atoms with van der Waals surface area (Å²) in [7, 11) is 3.41. The van der Waals surface area contributed by atoms with Gasteiger partial charge in [-0.05, 0) is 40.5 Å². The summed E-state index contributed by atoms with van der Waals surface area (Å²) in [5, 5.41) is 13.4. The molecule has 5 heteroatoms. The van der Waals surface area contributed by atoms with Crippen LogP contribution in [0.1, 0.15) is 40.5 Å². The number of carbonyl (C=O) groups is 1. The van der Waals surface area contributed by atoms with Crippen LogP contribution in [0, 0.1) is 0 Å². The highest BCUT2D eigenvalue weighted by atomic mass is 16.6. The van der Waals surface area contributed by atoms with E-state index in [1.165, 1.54) is 10.6 Å². The van der Waals surface area contributed by atoms with E-state index in [-0.39, 0.29) is 0 Å². The standard InChI is InChI=1S/C13H24N2O3/c1-10(2)8-7-9-12(3)13(4,17)15(14(5)6)11(16)18-12/h8,17H,7,9H2,1-6H3. The van der Waals surface area contributed by atoms with Crippen molar-refractivity contribution in [1.82, 2.24) is 10.0 Å². The highest BCUT2D eigenvalue weighted by Gasteiger charge is 2.60. The monoisotopic (exact) mass is 256 g/mol. The van der Waals surface area contributed by atoms with Gasteiger partial charge >= 0.3 is 6.09 Å². The van der Waals surface area contributed by atoms with Gasteiger partial charge in [-0.15, -0.1) is 0 Å². The first-order valence-corrected chi connectivity index (χ1v) is 6.18. The Balaban J connectivity index is 2.89. The summed E-state index contributed by atoms with van der Waals surface area (Å²) in [6.07, 6.45) is 2.92. The number of hydrogen-bond acceptors (Lipinski definition) is 4. The van der Waals surface area contributed by atoms with Gasteiger partial charge in [-0.3, -0.25) is 0 Å². The average Bonchev–Trinajstić information content (AvgIpc) is 2.31. The van der Waals surface area contributed by atoms with Gasteiger partial charge in [0.05, 0.1) is 0 Å². The van der Waals surface area contributed by atoms with Crippen molar-refractivity contribution in [1.29, 1.82) is 0 Å². The summed E-state index contributed by atoms with van der Waals surface area (Å²) in [5.74, 6) is 0. The van der Waals surface area contributed by atoms with Gasteiger partial charge in [-0.1, -0.05) is 11.6 Å². The maximum absolute atomic E-state index is 11.8. The second kappa shape index (κ2) is 4.90. The van der Waals surface area contributed by atoms with Crippen LogP contribution in [0.2, 0.25) is 0 Å². The Kier molecular flexibility index (Phi) is 4.08. The summed E-state index contributed by atoms with van der Waals surface area (Å²) in [6.45, 7) is 7.42. The van der Waals surface area contributed by atoms with E-state index in [4.69, 9.17) is 4.74 Å². The maximum atomic E-state index is 11.8. The van der Waals surface area contributed by atoms with Crippen LogP contribution in [-0.2, 0) is 4.74 Å². The minimum atomic E-state index is -1.34. The highest BCUT2D eigenvalue weighted by Crippen LogP contribution is 2.40. The van der Waals surface area contributed by atoms with E-state index in [0.717, 1.165) is 6.42 Å². The molecule has 104 valence electrons. The molecule has 1 rings (SSSR count). The lowest BCUT2D eigenvalue weighted by Crippen LogP contribution is -2.58. The Morgan fingerprint density at radius 2 is 2.00 bits per heavy atom. The third-order valence-electron chi connectivity index (χ3n) is 3.47. The topological polar surface area (TPSA) is 53.0 Å². The zero-order valence-corrected chi connectivity index (χ0v) is 12.1. The number of aliphatic hydroxyl groups is 1. The van der Waals surface area contributed by atoms with Crippen molar-refractivity contribution in [2.75, 3.05) is 14.1 Å². The molecule has 1 aliphatic heterocycles. The van der Waals surface area contributed by atoms with E-state index < -0.39 is 17.4 Å². The van der Waals surface area contributed by atoms with Crippen molar-refractivity contribution in [2.24, 2.45) is 0 Å². The molecule has 0 saturated carbocycles. The molecule has 0 aliphatic carbocycles. The Hall–Kier alpha value is -1.07. The molecule has 1 fully saturated rings. The van der Waals surface area contributed by atoms with Gasteiger partial charge in [0, 0.05) is 14.1 Å². The molecule has 1 saturated heterocycles. The molecule has 0 aromatic carbocycles. The molecule has 18 heavy (non-hydrogen) atoms. The van der Waals surface area contributed by atoms with Gasteiger partial charge in [0.25, 0.3) is 0 Å². The van der Waals surface area contributed by atoms with Gasteiger partial charge < -0.3 is 9.84 Å². The zero-order valence-electron chi connectivity index (χ0n) is 12.1. The Bertz CT molecular complexity index is 359. The predicted molar refractivity (Wildman–Crippen MR) is 69.7 cm³/mol. The lowest BCUT2D eigenvalue weighted by molar-refractivity contribution is -0.184. The van der Waals surface area contributed by atoms with E-state index in [0.29, 0.717) is 6.42 Å². The number of carbonyl (C=O) groups excluding carboxylic acids is 1. The largest absolute Gasteiger partial charge is 0.437 e. The third-order valence-corrected chi connectivity index (χ3v) is 3.47. The Morgan fingerprint density at radius 1 is 1.44 bits per heavy atom. The minimum Gasteiger partial charge on any atom is -0.437 e. The number of hydrazine groups is 1. The van der Waals surface area contributed by atoms with Crippen LogP contribution in [0.15, 0.2) is 11.6 Å². The number of nitrogens with zero attached hydrogens (tertiary/aromatic N) is 2. The van der Waals surface area contributed by atoms with Crippen molar-refractivity contribution < 1.29 is 14.6 Å². The number of amides is 1. The molecule has 5 nitrogen and oxygen atoms in total. The van der Waals surface area contributed by atoms with Crippen molar-refractivity contribution in [3.63, 3.8) is 0 Å². The quantitative estimate of drug-likeness (QED) is 0.783. The van der Waals surface area contributed by atoms with Gasteiger partial charge in [0.1, 0.15) is 0 Å². The number of ether oxygens (including phenoxy) is 1. The van der Waals surface area contributed by atoms with E-state index in [1.54, 1.807) is 33.0 Å². The molecule has 1 N–H and O–H groups in total. The lowest BCUT2D eigenvalue weighted by Gasteiger charge is -2.39. The lowest BCUT2D eigenvalue weighted by atomic mass is 9.89. The van der Waals surface area contributed by atoms with Gasteiger partial charge in [0.15, 0.2) is 11.3 Å². The molecule has 1 amide bonds. The van der Waals surface area contributed by atoms with Crippen LogP contribution in [0.3, 0.4) is 0 Å². The second-order valence-electron chi connectivity index (χ2n) is 5.60. The first kappa shape index (κ1) is 15.0. The van der Waals surface area contributed by atoms with Crippen molar-refractivity contribution in [3.8, 4) is 0 Å². The van der Waals surface area contributed by atoms with Crippen LogP contribution in [0.4, 0.5) is 4.79 Å². The molecular formula is C13H24N2O3. The highest BCUT2D eigenvalue weighted by molar-refractivity contribution is 5.71. The summed E-state index contributed by atoms with van der Waals surface area (Å²) in [4.78, 5) is 11.8. The second-order valence-corrected chi connectivity index (χ2v) is 5.60. The summed E-state index contributed by atoms with van der Waals surface area (Å²) in [5.41, 5.74) is -1.03.